The van der Waals surface area contributed by atoms with Crippen LogP contribution in [0.4, 0.5) is 0 Å². The predicted molar refractivity (Wildman–Crippen MR) is 54.7 cm³/mol. The summed E-state index contributed by atoms with van der Waals surface area (Å²) in [6.07, 6.45) is 1.72. The number of hydrogen-bond donors (Lipinski definition) is 0. The molecule has 3 heteroatoms. The van der Waals surface area contributed by atoms with Gasteiger partial charge in [0, 0.05) is 11.5 Å². The highest BCUT2D eigenvalue weighted by molar-refractivity contribution is 5.93. The summed E-state index contributed by atoms with van der Waals surface area (Å²) in [5.74, 6) is -0.346. The number of benzene rings is 1. The van der Waals surface area contributed by atoms with Gasteiger partial charge in [0.1, 0.15) is 12.9 Å². The lowest BCUT2D eigenvalue weighted by Gasteiger charge is -2.08. The zero-order chi connectivity index (χ0) is 10.8. The summed E-state index contributed by atoms with van der Waals surface area (Å²) in [6, 6.07) is 5.46. The zero-order valence-corrected chi connectivity index (χ0v) is 8.53. The van der Waals surface area contributed by atoms with Gasteiger partial charge in [-0.3, -0.25) is 0 Å². The van der Waals surface area contributed by atoms with Crippen molar-refractivity contribution in [2.24, 2.45) is 0 Å². The van der Waals surface area contributed by atoms with E-state index in [0.29, 0.717) is 12.2 Å². The number of rotatable bonds is 3. The van der Waals surface area contributed by atoms with Gasteiger partial charge in [0.2, 0.25) is 0 Å². The van der Waals surface area contributed by atoms with E-state index in [9.17, 15) is 9.59 Å². The lowest BCUT2D eigenvalue weighted by Crippen LogP contribution is -2.00. The Bertz CT molecular complexity index is 409. The zero-order valence-electron chi connectivity index (χ0n) is 8.53. The van der Waals surface area contributed by atoms with Crippen LogP contribution >= 0.6 is 0 Å². The topological polar surface area (TPSA) is 43.4 Å². The molecule has 0 radical (unpaired) electrons. The van der Waals surface area contributed by atoms with Crippen molar-refractivity contribution in [3.05, 3.63) is 34.9 Å². The number of ether oxygens (including phenoxy) is 1. The van der Waals surface area contributed by atoms with Gasteiger partial charge in [-0.2, -0.15) is 0 Å². The number of fused-ring (bicyclic) bond motifs is 1. The first-order chi connectivity index (χ1) is 7.26. The summed E-state index contributed by atoms with van der Waals surface area (Å²) < 4.78 is 4.90. The molecule has 2 rings (SSSR count). The third kappa shape index (κ3) is 1.65. The maximum absolute atomic E-state index is 11.2. The maximum atomic E-state index is 11.2. The van der Waals surface area contributed by atoms with Gasteiger partial charge < -0.3 is 9.53 Å². The van der Waals surface area contributed by atoms with Gasteiger partial charge in [-0.25, -0.2) is 4.79 Å². The third-order valence-electron chi connectivity index (χ3n) is 2.74. The summed E-state index contributed by atoms with van der Waals surface area (Å²) >= 11 is 0. The Balaban J connectivity index is 2.38. The molecule has 78 valence electrons. The van der Waals surface area contributed by atoms with Crippen molar-refractivity contribution in [2.75, 3.05) is 0 Å². The number of esters is 1. The summed E-state index contributed by atoms with van der Waals surface area (Å²) in [6.45, 7) is 2.30. The summed E-state index contributed by atoms with van der Waals surface area (Å²) in [5.41, 5.74) is 2.47. The van der Waals surface area contributed by atoms with Crippen LogP contribution in [0.25, 0.3) is 0 Å². The van der Waals surface area contributed by atoms with E-state index in [1.54, 1.807) is 6.07 Å². The lowest BCUT2D eigenvalue weighted by atomic mass is 9.95. The van der Waals surface area contributed by atoms with Crippen LogP contribution in [0.1, 0.15) is 40.7 Å². The molecule has 0 N–H and O–H groups in total. The van der Waals surface area contributed by atoms with E-state index in [2.05, 4.69) is 0 Å². The molecule has 0 spiro atoms. The van der Waals surface area contributed by atoms with Crippen LogP contribution in [0.5, 0.6) is 0 Å². The Morgan fingerprint density at radius 1 is 1.53 bits per heavy atom. The average Bonchev–Trinajstić information content (AvgIpc) is 2.62. The van der Waals surface area contributed by atoms with E-state index in [1.807, 2.05) is 19.1 Å². The number of hydrogen-bond acceptors (Lipinski definition) is 3. The van der Waals surface area contributed by atoms with Crippen molar-refractivity contribution in [2.45, 2.75) is 25.9 Å². The molecule has 1 aromatic carbocycles. The summed E-state index contributed by atoms with van der Waals surface area (Å²) in [5, 5.41) is 0. The van der Waals surface area contributed by atoms with Gasteiger partial charge >= 0.3 is 5.97 Å². The Hall–Kier alpha value is -1.64. The molecule has 0 fully saturated rings. The van der Waals surface area contributed by atoms with Gasteiger partial charge in [-0.15, -0.1) is 0 Å². The molecular formula is C12H12O3. The van der Waals surface area contributed by atoms with Crippen molar-refractivity contribution in [3.8, 4) is 0 Å². The van der Waals surface area contributed by atoms with Crippen LogP contribution in [0, 0.1) is 0 Å². The molecule has 15 heavy (non-hydrogen) atoms. The first kappa shape index (κ1) is 9.90. The highest BCUT2D eigenvalue weighted by atomic mass is 16.5. The molecule has 0 saturated carbocycles. The Morgan fingerprint density at radius 3 is 3.00 bits per heavy atom. The minimum atomic E-state index is -0.268. The molecule has 1 aliphatic rings. The molecule has 0 aliphatic carbocycles. The van der Waals surface area contributed by atoms with Gasteiger partial charge in [-0.1, -0.05) is 19.1 Å². The monoisotopic (exact) mass is 204 g/mol. The van der Waals surface area contributed by atoms with Gasteiger partial charge in [-0.05, 0) is 18.1 Å². The van der Waals surface area contributed by atoms with E-state index in [0.717, 1.165) is 23.8 Å². The molecule has 1 unspecified atom stereocenters. The fourth-order valence-electron chi connectivity index (χ4n) is 1.79. The first-order valence-corrected chi connectivity index (χ1v) is 5.01. The van der Waals surface area contributed by atoms with Crippen LogP contribution in [-0.4, -0.2) is 12.3 Å². The fraction of sp³-hybridized carbons (Fsp3) is 0.333. The van der Waals surface area contributed by atoms with Crippen molar-refractivity contribution in [3.63, 3.8) is 0 Å². The van der Waals surface area contributed by atoms with Crippen LogP contribution in [0.15, 0.2) is 18.2 Å². The molecular weight excluding hydrogens is 192 g/mol. The predicted octanol–water partition coefficient (Wildman–Crippen LogP) is 2.05. The smallest absolute Gasteiger partial charge is 0.338 e. The maximum Gasteiger partial charge on any atom is 0.338 e. The van der Waals surface area contributed by atoms with Crippen molar-refractivity contribution in [1.29, 1.82) is 0 Å². The highest BCUT2D eigenvalue weighted by Crippen LogP contribution is 2.25. The molecule has 1 aliphatic heterocycles. The standard InChI is InChI=1S/C12H12O3/c1-2-8(6-13)9-3-4-11-10(5-9)7-15-12(11)14/h3-6,8H,2,7H2,1H3. The van der Waals surface area contributed by atoms with Crippen LogP contribution in [-0.2, 0) is 16.1 Å². The lowest BCUT2D eigenvalue weighted by molar-refractivity contribution is -0.109. The van der Waals surface area contributed by atoms with Gasteiger partial charge in [0.05, 0.1) is 5.56 Å². The van der Waals surface area contributed by atoms with Gasteiger partial charge in [0.25, 0.3) is 0 Å². The molecule has 0 aromatic heterocycles. The highest BCUT2D eigenvalue weighted by Gasteiger charge is 2.22. The van der Waals surface area contributed by atoms with E-state index in [-0.39, 0.29) is 11.9 Å². The second kappa shape index (κ2) is 3.85. The minimum absolute atomic E-state index is 0.0778. The third-order valence-corrected chi connectivity index (χ3v) is 2.74. The number of aldehydes is 1. The number of cyclic esters (lactones) is 1. The largest absolute Gasteiger partial charge is 0.457 e. The SMILES string of the molecule is CCC(C=O)c1ccc2c(c1)COC2=O. The molecule has 3 nitrogen and oxygen atoms in total. The Labute approximate surface area is 88.1 Å². The molecule has 0 saturated heterocycles. The molecule has 1 atom stereocenters. The normalized spacial score (nSPS) is 15.7. The van der Waals surface area contributed by atoms with E-state index in [4.69, 9.17) is 4.74 Å². The molecule has 1 aromatic rings. The summed E-state index contributed by atoms with van der Waals surface area (Å²) in [4.78, 5) is 22.0. The van der Waals surface area contributed by atoms with Crippen LogP contribution in [0.2, 0.25) is 0 Å². The molecule has 0 amide bonds. The van der Waals surface area contributed by atoms with Crippen molar-refractivity contribution < 1.29 is 14.3 Å². The second-order valence-electron chi connectivity index (χ2n) is 3.64. The van der Waals surface area contributed by atoms with Crippen LogP contribution in [0.3, 0.4) is 0 Å². The fourth-order valence-corrected chi connectivity index (χ4v) is 1.79. The number of carbonyl (C=O) groups excluding carboxylic acids is 2. The minimum Gasteiger partial charge on any atom is -0.457 e. The van der Waals surface area contributed by atoms with Crippen molar-refractivity contribution >= 4 is 12.3 Å². The van der Waals surface area contributed by atoms with E-state index < -0.39 is 0 Å². The Kier molecular flexibility index (Phi) is 2.54. The van der Waals surface area contributed by atoms with Crippen LogP contribution < -0.4 is 0 Å². The van der Waals surface area contributed by atoms with Gasteiger partial charge in [0.15, 0.2) is 0 Å². The summed E-state index contributed by atoms with van der Waals surface area (Å²) in [7, 11) is 0. The average molecular weight is 204 g/mol. The first-order valence-electron chi connectivity index (χ1n) is 5.01. The van der Waals surface area contributed by atoms with E-state index in [1.165, 1.54) is 0 Å². The van der Waals surface area contributed by atoms with Crippen molar-refractivity contribution in [1.82, 2.24) is 0 Å². The quantitative estimate of drug-likeness (QED) is 0.559. The Morgan fingerprint density at radius 2 is 2.33 bits per heavy atom. The number of carbonyl (C=O) groups is 2. The molecule has 0 bridgehead atoms. The molecule has 1 heterocycles. The van der Waals surface area contributed by atoms with E-state index >= 15 is 0 Å². The second-order valence-corrected chi connectivity index (χ2v) is 3.64.